The molecule has 0 spiro atoms. The SMILES string of the molecule is O=C(NCC1CCCO1)c1ccc(NC2=C(Cl)C(=O)N(c3ccccc3F)C2=O)cc1. The lowest BCUT2D eigenvalue weighted by Gasteiger charge is -2.15. The predicted octanol–water partition coefficient (Wildman–Crippen LogP) is 3.17. The average Bonchev–Trinajstić information content (AvgIpc) is 3.37. The van der Waals surface area contributed by atoms with Gasteiger partial charge in [0.2, 0.25) is 0 Å². The van der Waals surface area contributed by atoms with E-state index < -0.39 is 17.6 Å². The molecular weight excluding hydrogens is 425 g/mol. The molecular formula is C22H19ClFN3O4. The summed E-state index contributed by atoms with van der Waals surface area (Å²) in [6.45, 7) is 1.17. The summed E-state index contributed by atoms with van der Waals surface area (Å²) in [6.07, 6.45) is 1.96. The number of para-hydroxylation sites is 1. The molecule has 2 aliphatic rings. The first-order valence-electron chi connectivity index (χ1n) is 9.75. The number of hydrogen-bond donors (Lipinski definition) is 2. The molecule has 3 amide bonds. The van der Waals surface area contributed by atoms with Gasteiger partial charge < -0.3 is 15.4 Å². The van der Waals surface area contributed by atoms with E-state index in [0.29, 0.717) is 22.7 Å². The standard InChI is InChI=1S/C22H19ClFN3O4/c23-18-19(22(30)27(21(18)29)17-6-2-1-5-16(17)24)26-14-9-7-13(8-10-14)20(28)25-12-15-4-3-11-31-15/h1-2,5-10,15,26H,3-4,11-12H2,(H,25,28). The van der Waals surface area contributed by atoms with E-state index in [0.717, 1.165) is 25.5 Å². The summed E-state index contributed by atoms with van der Waals surface area (Å²) >= 11 is 6.06. The van der Waals surface area contributed by atoms with Crippen LogP contribution in [0, 0.1) is 5.82 Å². The molecule has 160 valence electrons. The van der Waals surface area contributed by atoms with Gasteiger partial charge in [-0.3, -0.25) is 14.4 Å². The molecule has 0 bridgehead atoms. The minimum Gasteiger partial charge on any atom is -0.376 e. The molecule has 0 aromatic heterocycles. The Morgan fingerprint density at radius 2 is 1.87 bits per heavy atom. The van der Waals surface area contributed by atoms with Gasteiger partial charge in [-0.1, -0.05) is 23.7 Å². The van der Waals surface area contributed by atoms with Crippen LogP contribution in [0.25, 0.3) is 0 Å². The highest BCUT2D eigenvalue weighted by Crippen LogP contribution is 2.31. The van der Waals surface area contributed by atoms with Gasteiger partial charge in [-0.25, -0.2) is 9.29 Å². The first-order valence-corrected chi connectivity index (χ1v) is 10.1. The molecule has 1 unspecified atom stereocenters. The first-order chi connectivity index (χ1) is 15.0. The van der Waals surface area contributed by atoms with Crippen LogP contribution < -0.4 is 15.5 Å². The molecule has 7 nitrogen and oxygen atoms in total. The summed E-state index contributed by atoms with van der Waals surface area (Å²) < 4.78 is 19.6. The van der Waals surface area contributed by atoms with Crippen LogP contribution in [0.4, 0.5) is 15.8 Å². The maximum atomic E-state index is 14.1. The maximum absolute atomic E-state index is 14.1. The molecule has 2 aromatic rings. The number of anilines is 2. The van der Waals surface area contributed by atoms with Crippen LogP contribution >= 0.6 is 11.6 Å². The Morgan fingerprint density at radius 3 is 2.55 bits per heavy atom. The highest BCUT2D eigenvalue weighted by molar-refractivity contribution is 6.53. The van der Waals surface area contributed by atoms with E-state index in [1.54, 1.807) is 24.3 Å². The van der Waals surface area contributed by atoms with Crippen molar-refractivity contribution in [3.8, 4) is 0 Å². The normalized spacial score (nSPS) is 18.6. The first kappa shape index (κ1) is 21.0. The van der Waals surface area contributed by atoms with Gasteiger partial charge in [-0.05, 0) is 49.2 Å². The molecule has 4 rings (SSSR count). The van der Waals surface area contributed by atoms with Crippen molar-refractivity contribution < 1.29 is 23.5 Å². The van der Waals surface area contributed by atoms with E-state index >= 15 is 0 Å². The van der Waals surface area contributed by atoms with Gasteiger partial charge in [0.25, 0.3) is 17.7 Å². The van der Waals surface area contributed by atoms with Gasteiger partial charge in [0.1, 0.15) is 16.5 Å². The molecule has 0 saturated carbocycles. The van der Waals surface area contributed by atoms with Crippen molar-refractivity contribution in [2.24, 2.45) is 0 Å². The third-order valence-corrected chi connectivity index (χ3v) is 5.40. The molecule has 2 N–H and O–H groups in total. The van der Waals surface area contributed by atoms with Crippen molar-refractivity contribution in [3.63, 3.8) is 0 Å². The molecule has 1 fully saturated rings. The zero-order chi connectivity index (χ0) is 22.0. The van der Waals surface area contributed by atoms with E-state index in [9.17, 15) is 18.8 Å². The summed E-state index contributed by atoms with van der Waals surface area (Å²) in [5.74, 6) is -2.53. The lowest BCUT2D eigenvalue weighted by Crippen LogP contribution is -2.33. The smallest absolute Gasteiger partial charge is 0.283 e. The summed E-state index contributed by atoms with van der Waals surface area (Å²) in [5, 5.41) is 5.28. The second kappa shape index (κ2) is 8.87. The fourth-order valence-corrected chi connectivity index (χ4v) is 3.64. The largest absolute Gasteiger partial charge is 0.376 e. The van der Waals surface area contributed by atoms with Crippen molar-refractivity contribution in [1.82, 2.24) is 5.32 Å². The Balaban J connectivity index is 1.44. The fourth-order valence-electron chi connectivity index (χ4n) is 3.43. The third-order valence-electron chi connectivity index (χ3n) is 5.05. The van der Waals surface area contributed by atoms with Crippen LogP contribution in [0.15, 0.2) is 59.3 Å². The number of nitrogens with one attached hydrogen (secondary N) is 2. The highest BCUT2D eigenvalue weighted by Gasteiger charge is 2.40. The van der Waals surface area contributed by atoms with Gasteiger partial charge in [-0.15, -0.1) is 0 Å². The second-order valence-electron chi connectivity index (χ2n) is 7.13. The third kappa shape index (κ3) is 4.30. The number of ether oxygens (including phenoxy) is 1. The number of benzene rings is 2. The van der Waals surface area contributed by atoms with Crippen molar-refractivity contribution in [2.45, 2.75) is 18.9 Å². The Hall–Kier alpha value is -3.23. The van der Waals surface area contributed by atoms with Crippen LogP contribution in [0.5, 0.6) is 0 Å². The monoisotopic (exact) mass is 443 g/mol. The van der Waals surface area contributed by atoms with E-state index in [2.05, 4.69) is 10.6 Å². The molecule has 0 radical (unpaired) electrons. The van der Waals surface area contributed by atoms with Gasteiger partial charge in [0, 0.05) is 24.4 Å². The van der Waals surface area contributed by atoms with Crippen LogP contribution in [0.3, 0.4) is 0 Å². The number of nitrogens with zero attached hydrogens (tertiary/aromatic N) is 1. The van der Waals surface area contributed by atoms with Crippen molar-refractivity contribution in [2.75, 3.05) is 23.4 Å². The Kier molecular flexibility index (Phi) is 6.01. The number of carbonyl (C=O) groups excluding carboxylic acids is 3. The van der Waals surface area contributed by atoms with E-state index in [1.165, 1.54) is 18.2 Å². The summed E-state index contributed by atoms with van der Waals surface area (Å²) in [7, 11) is 0. The lowest BCUT2D eigenvalue weighted by atomic mass is 10.1. The molecule has 2 heterocycles. The molecule has 31 heavy (non-hydrogen) atoms. The number of hydrogen-bond acceptors (Lipinski definition) is 5. The minimum absolute atomic E-state index is 0.0438. The van der Waals surface area contributed by atoms with Crippen LogP contribution in [-0.4, -0.2) is 37.0 Å². The minimum atomic E-state index is -0.815. The summed E-state index contributed by atoms with van der Waals surface area (Å²) in [5.41, 5.74) is 0.544. The fraction of sp³-hybridized carbons (Fsp3) is 0.227. The molecule has 1 saturated heterocycles. The van der Waals surface area contributed by atoms with Gasteiger partial charge in [0.15, 0.2) is 0 Å². The van der Waals surface area contributed by atoms with E-state index in [4.69, 9.17) is 16.3 Å². The zero-order valence-corrected chi connectivity index (χ0v) is 17.1. The summed E-state index contributed by atoms with van der Waals surface area (Å²) in [4.78, 5) is 38.1. The molecule has 2 aliphatic heterocycles. The average molecular weight is 444 g/mol. The molecule has 9 heteroatoms. The van der Waals surface area contributed by atoms with Gasteiger partial charge in [0.05, 0.1) is 11.8 Å². The lowest BCUT2D eigenvalue weighted by molar-refractivity contribution is -0.120. The van der Waals surface area contributed by atoms with Crippen molar-refractivity contribution in [3.05, 3.63) is 70.6 Å². The Morgan fingerprint density at radius 1 is 1.13 bits per heavy atom. The van der Waals surface area contributed by atoms with Crippen LogP contribution in [-0.2, 0) is 14.3 Å². The Labute approximate surface area is 182 Å². The number of halogens is 2. The number of carbonyl (C=O) groups is 3. The molecule has 1 atom stereocenters. The maximum Gasteiger partial charge on any atom is 0.283 e. The topological polar surface area (TPSA) is 87.7 Å². The van der Waals surface area contributed by atoms with Crippen molar-refractivity contribution >= 4 is 40.7 Å². The second-order valence-corrected chi connectivity index (χ2v) is 7.51. The van der Waals surface area contributed by atoms with Crippen molar-refractivity contribution in [1.29, 1.82) is 0 Å². The highest BCUT2D eigenvalue weighted by atomic mass is 35.5. The van der Waals surface area contributed by atoms with Crippen LogP contribution in [0.1, 0.15) is 23.2 Å². The quantitative estimate of drug-likeness (QED) is 0.669. The Bertz CT molecular complexity index is 1060. The predicted molar refractivity (Wildman–Crippen MR) is 113 cm³/mol. The number of amides is 3. The number of imide groups is 1. The number of rotatable bonds is 6. The van der Waals surface area contributed by atoms with E-state index in [-0.39, 0.29) is 28.4 Å². The van der Waals surface area contributed by atoms with Gasteiger partial charge >= 0.3 is 0 Å². The zero-order valence-electron chi connectivity index (χ0n) is 16.4. The van der Waals surface area contributed by atoms with Gasteiger partial charge in [-0.2, -0.15) is 0 Å². The molecule has 0 aliphatic carbocycles. The molecule has 2 aromatic carbocycles. The van der Waals surface area contributed by atoms with E-state index in [1.807, 2.05) is 0 Å². The van der Waals surface area contributed by atoms with Crippen LogP contribution in [0.2, 0.25) is 0 Å². The summed E-state index contributed by atoms with van der Waals surface area (Å²) in [6, 6.07) is 11.8.